The second-order valence-corrected chi connectivity index (χ2v) is 5.84. The lowest BCUT2D eigenvalue weighted by Gasteiger charge is -2.34. The van der Waals surface area contributed by atoms with Crippen molar-refractivity contribution in [2.24, 2.45) is 0 Å². The lowest BCUT2D eigenvalue weighted by Crippen LogP contribution is -2.45. The van der Waals surface area contributed by atoms with Crippen LogP contribution in [-0.4, -0.2) is 64.9 Å². The lowest BCUT2D eigenvalue weighted by atomic mass is 10.2. The number of likely N-dealkylation sites (tertiary alicyclic amines) is 1. The van der Waals surface area contributed by atoms with Gasteiger partial charge in [0.1, 0.15) is 0 Å². The maximum Gasteiger partial charge on any atom is 0.236 e. The summed E-state index contributed by atoms with van der Waals surface area (Å²) in [6, 6.07) is 2.24. The van der Waals surface area contributed by atoms with Crippen LogP contribution < -0.4 is 0 Å². The summed E-state index contributed by atoms with van der Waals surface area (Å²) in [5.41, 5.74) is 1.17. The number of amides is 1. The van der Waals surface area contributed by atoms with Gasteiger partial charge in [-0.3, -0.25) is 14.4 Å². The van der Waals surface area contributed by atoms with Gasteiger partial charge in [0.15, 0.2) is 0 Å². The molecule has 1 saturated heterocycles. The van der Waals surface area contributed by atoms with Crippen LogP contribution in [-0.2, 0) is 16.1 Å². The summed E-state index contributed by atoms with van der Waals surface area (Å²) < 4.78 is 7.62. The van der Waals surface area contributed by atoms with E-state index >= 15 is 0 Å². The Morgan fingerprint density at radius 3 is 3.00 bits per heavy atom. The number of carbonyl (C=O) groups excluding carboxylic acids is 1. The lowest BCUT2D eigenvalue weighted by molar-refractivity contribution is -0.132. The Morgan fingerprint density at radius 1 is 1.43 bits per heavy atom. The van der Waals surface area contributed by atoms with Crippen LogP contribution in [0.1, 0.15) is 31.5 Å². The number of aromatic nitrogens is 2. The summed E-state index contributed by atoms with van der Waals surface area (Å²) in [7, 11) is 0. The predicted octanol–water partition coefficient (Wildman–Crippen LogP) is 0.899. The number of rotatable bonds is 5. The molecule has 0 radical (unpaired) electrons. The molecule has 3 rings (SSSR count). The SMILES string of the molecule is CCOC[C@@H]1CN(CC(=O)N2CCCC2)Cc2ccnn21. The van der Waals surface area contributed by atoms with E-state index in [9.17, 15) is 4.79 Å². The predicted molar refractivity (Wildman–Crippen MR) is 78.8 cm³/mol. The molecule has 1 amide bonds. The van der Waals surface area contributed by atoms with Crippen LogP contribution in [0, 0.1) is 0 Å². The standard InChI is InChI=1S/C15H24N4O2/c1-2-21-12-14-10-17(9-13-5-6-16-19(13)14)11-15(20)18-7-3-4-8-18/h5-6,14H,2-4,7-12H2,1H3/t14-/m0/s1. The first-order chi connectivity index (χ1) is 10.3. The van der Waals surface area contributed by atoms with E-state index in [1.54, 1.807) is 0 Å². The quantitative estimate of drug-likeness (QED) is 0.809. The minimum atomic E-state index is 0.204. The maximum atomic E-state index is 12.3. The van der Waals surface area contributed by atoms with Crippen molar-refractivity contribution in [2.45, 2.75) is 32.4 Å². The molecule has 0 bridgehead atoms. The monoisotopic (exact) mass is 292 g/mol. The molecule has 6 heteroatoms. The number of fused-ring (bicyclic) bond motifs is 1. The molecular weight excluding hydrogens is 268 g/mol. The van der Waals surface area contributed by atoms with Gasteiger partial charge in [-0.05, 0) is 25.8 Å². The number of carbonyl (C=O) groups is 1. The summed E-state index contributed by atoms with van der Waals surface area (Å²) in [4.78, 5) is 16.5. The van der Waals surface area contributed by atoms with Gasteiger partial charge in [0.25, 0.3) is 0 Å². The van der Waals surface area contributed by atoms with Crippen molar-refractivity contribution in [3.8, 4) is 0 Å². The second kappa shape index (κ2) is 6.58. The Labute approximate surface area is 125 Å². The Balaban J connectivity index is 1.63. The van der Waals surface area contributed by atoms with Crippen molar-refractivity contribution < 1.29 is 9.53 Å². The third-order valence-corrected chi connectivity index (χ3v) is 4.28. The molecule has 3 heterocycles. The summed E-state index contributed by atoms with van der Waals surface area (Å²) in [5, 5.41) is 4.40. The molecule has 1 aromatic rings. The van der Waals surface area contributed by atoms with E-state index < -0.39 is 0 Å². The highest BCUT2D eigenvalue weighted by Crippen LogP contribution is 2.21. The van der Waals surface area contributed by atoms with Crippen LogP contribution in [0.5, 0.6) is 0 Å². The van der Waals surface area contributed by atoms with E-state index in [0.717, 1.165) is 39.0 Å². The van der Waals surface area contributed by atoms with Crippen LogP contribution in [0.25, 0.3) is 0 Å². The van der Waals surface area contributed by atoms with Crippen molar-refractivity contribution in [3.05, 3.63) is 18.0 Å². The van der Waals surface area contributed by atoms with Gasteiger partial charge in [-0.15, -0.1) is 0 Å². The summed E-state index contributed by atoms with van der Waals surface area (Å²) in [6.45, 7) is 7.34. The number of hydrogen-bond donors (Lipinski definition) is 0. The Kier molecular flexibility index (Phi) is 4.55. The summed E-state index contributed by atoms with van der Waals surface area (Å²) in [5.74, 6) is 0.260. The Hall–Kier alpha value is -1.40. The van der Waals surface area contributed by atoms with Gasteiger partial charge in [0, 0.05) is 39.0 Å². The minimum Gasteiger partial charge on any atom is -0.379 e. The number of hydrogen-bond acceptors (Lipinski definition) is 4. The Bertz CT molecular complexity index is 482. The van der Waals surface area contributed by atoms with Crippen molar-refractivity contribution in [2.75, 3.05) is 39.4 Å². The van der Waals surface area contributed by atoms with Crippen molar-refractivity contribution in [1.82, 2.24) is 19.6 Å². The van der Waals surface area contributed by atoms with Gasteiger partial charge in [0.2, 0.25) is 5.91 Å². The molecule has 116 valence electrons. The zero-order valence-electron chi connectivity index (χ0n) is 12.7. The fourth-order valence-electron chi connectivity index (χ4n) is 3.22. The zero-order valence-corrected chi connectivity index (χ0v) is 12.7. The molecule has 21 heavy (non-hydrogen) atoms. The van der Waals surface area contributed by atoms with Crippen LogP contribution >= 0.6 is 0 Å². The van der Waals surface area contributed by atoms with Crippen molar-refractivity contribution >= 4 is 5.91 Å². The number of ether oxygens (including phenoxy) is 1. The smallest absolute Gasteiger partial charge is 0.236 e. The van der Waals surface area contributed by atoms with Gasteiger partial charge < -0.3 is 9.64 Å². The largest absolute Gasteiger partial charge is 0.379 e. The van der Waals surface area contributed by atoms with Gasteiger partial charge in [-0.1, -0.05) is 0 Å². The average molecular weight is 292 g/mol. The van der Waals surface area contributed by atoms with Gasteiger partial charge in [-0.25, -0.2) is 0 Å². The molecule has 0 spiro atoms. The van der Waals surface area contributed by atoms with Crippen LogP contribution in [0.4, 0.5) is 0 Å². The van der Waals surface area contributed by atoms with E-state index in [1.165, 1.54) is 5.69 Å². The third-order valence-electron chi connectivity index (χ3n) is 4.28. The van der Waals surface area contributed by atoms with Crippen molar-refractivity contribution in [1.29, 1.82) is 0 Å². The Morgan fingerprint density at radius 2 is 2.24 bits per heavy atom. The zero-order chi connectivity index (χ0) is 14.7. The number of nitrogens with zero attached hydrogens (tertiary/aromatic N) is 4. The van der Waals surface area contributed by atoms with E-state index in [4.69, 9.17) is 4.74 Å². The molecule has 1 fully saturated rings. The highest BCUT2D eigenvalue weighted by atomic mass is 16.5. The molecular formula is C15H24N4O2. The molecule has 2 aliphatic rings. The molecule has 0 saturated carbocycles. The van der Waals surface area contributed by atoms with Crippen LogP contribution in [0.15, 0.2) is 12.3 Å². The molecule has 0 unspecified atom stereocenters. The second-order valence-electron chi connectivity index (χ2n) is 5.84. The molecule has 0 N–H and O–H groups in total. The van der Waals surface area contributed by atoms with E-state index in [0.29, 0.717) is 19.8 Å². The van der Waals surface area contributed by atoms with Gasteiger partial charge in [0.05, 0.1) is 24.9 Å². The third kappa shape index (κ3) is 3.27. The normalized spacial score (nSPS) is 22.5. The first kappa shape index (κ1) is 14.5. The topological polar surface area (TPSA) is 50.6 Å². The van der Waals surface area contributed by atoms with Gasteiger partial charge in [-0.2, -0.15) is 5.10 Å². The molecule has 1 aromatic heterocycles. The molecule has 0 aliphatic carbocycles. The van der Waals surface area contributed by atoms with Crippen LogP contribution in [0.3, 0.4) is 0 Å². The van der Waals surface area contributed by atoms with Gasteiger partial charge >= 0.3 is 0 Å². The average Bonchev–Trinajstić information content (AvgIpc) is 3.15. The summed E-state index contributed by atoms with van der Waals surface area (Å²) in [6.07, 6.45) is 4.12. The fourth-order valence-corrected chi connectivity index (χ4v) is 3.22. The first-order valence-corrected chi connectivity index (χ1v) is 7.88. The van der Waals surface area contributed by atoms with Crippen molar-refractivity contribution in [3.63, 3.8) is 0 Å². The highest BCUT2D eigenvalue weighted by molar-refractivity contribution is 5.78. The molecule has 1 atom stereocenters. The van der Waals surface area contributed by atoms with E-state index in [1.807, 2.05) is 28.8 Å². The van der Waals surface area contributed by atoms with E-state index in [-0.39, 0.29) is 11.9 Å². The molecule has 0 aromatic carbocycles. The first-order valence-electron chi connectivity index (χ1n) is 7.88. The molecule has 2 aliphatic heterocycles. The maximum absolute atomic E-state index is 12.3. The fraction of sp³-hybridized carbons (Fsp3) is 0.733. The minimum absolute atomic E-state index is 0.204. The summed E-state index contributed by atoms with van der Waals surface area (Å²) >= 11 is 0. The highest BCUT2D eigenvalue weighted by Gasteiger charge is 2.28. The molecule has 6 nitrogen and oxygen atoms in total. The van der Waals surface area contributed by atoms with Crippen LogP contribution in [0.2, 0.25) is 0 Å². The van der Waals surface area contributed by atoms with E-state index in [2.05, 4.69) is 10.00 Å².